The highest BCUT2D eigenvalue weighted by molar-refractivity contribution is 6.33. The van der Waals surface area contributed by atoms with Crippen LogP contribution in [0, 0.1) is 0 Å². The number of rotatable bonds is 3. The van der Waals surface area contributed by atoms with Crippen LogP contribution >= 0.6 is 0 Å². The summed E-state index contributed by atoms with van der Waals surface area (Å²) in [5.41, 5.74) is -2.01. The van der Waals surface area contributed by atoms with E-state index in [9.17, 15) is 0 Å². The minimum absolute atomic E-state index is 0.479. The zero-order valence-electron chi connectivity index (χ0n) is 13.7. The molecule has 0 aromatic heterocycles. The summed E-state index contributed by atoms with van der Waals surface area (Å²) in [6.45, 7) is 7.57. The van der Waals surface area contributed by atoms with Crippen molar-refractivity contribution in [1.29, 1.82) is 0 Å². The summed E-state index contributed by atoms with van der Waals surface area (Å²) >= 11 is 0. The van der Waals surface area contributed by atoms with E-state index < -0.39 is 24.3 Å². The first-order chi connectivity index (χ1) is 9.95. The van der Waals surface area contributed by atoms with Crippen molar-refractivity contribution in [1.82, 2.24) is 0 Å². The first-order valence-corrected chi connectivity index (χ1v) is 7.40. The van der Waals surface area contributed by atoms with Gasteiger partial charge in [-0.25, -0.2) is 0 Å². The van der Waals surface area contributed by atoms with E-state index in [0.29, 0.717) is 38.2 Å². The molecule has 2 aliphatic rings. The van der Waals surface area contributed by atoms with Crippen molar-refractivity contribution in [3.8, 4) is 0 Å². The van der Waals surface area contributed by atoms with Gasteiger partial charge in [-0.1, -0.05) is 0 Å². The predicted molar refractivity (Wildman–Crippen MR) is 80.4 cm³/mol. The lowest BCUT2D eigenvalue weighted by Crippen LogP contribution is -2.44. The molecule has 0 aromatic carbocycles. The van der Waals surface area contributed by atoms with Gasteiger partial charge in [0.05, 0.1) is 30.2 Å². The van der Waals surface area contributed by atoms with Gasteiger partial charge in [-0.2, -0.15) is 0 Å². The normalized spacial score (nSPS) is 21.0. The van der Waals surface area contributed by atoms with Crippen molar-refractivity contribution in [2.75, 3.05) is 13.2 Å². The average molecular weight is 318 g/mol. The smallest absolute Gasteiger partial charge is 0.516 e. The highest BCUT2D eigenvalue weighted by atomic mass is 16.7. The highest BCUT2D eigenvalue weighted by Gasteiger charge is 2.38. The SMILES string of the molecule is CC(C)(O)C(C)(C)O.OB(O)OC1=CCC2(CC1)OCCO2. The lowest BCUT2D eigenvalue weighted by molar-refractivity contribution is -0.163. The third-order valence-electron chi connectivity index (χ3n) is 3.96. The third-order valence-corrected chi connectivity index (χ3v) is 3.96. The predicted octanol–water partition coefficient (Wildman–Crippen LogP) is 0.312. The fraction of sp³-hybridized carbons (Fsp3) is 0.857. The van der Waals surface area contributed by atoms with Crippen LogP contribution in [0.3, 0.4) is 0 Å². The van der Waals surface area contributed by atoms with Gasteiger partial charge in [-0.05, 0) is 33.8 Å². The van der Waals surface area contributed by atoms with Crippen LogP contribution in [-0.4, -0.2) is 57.8 Å². The van der Waals surface area contributed by atoms with E-state index in [0.717, 1.165) is 0 Å². The zero-order valence-corrected chi connectivity index (χ0v) is 13.7. The Morgan fingerprint density at radius 1 is 1.09 bits per heavy atom. The number of ether oxygens (including phenoxy) is 2. The molecule has 8 heteroatoms. The molecule has 0 saturated carbocycles. The van der Waals surface area contributed by atoms with E-state index in [1.165, 1.54) is 0 Å². The summed E-state index contributed by atoms with van der Waals surface area (Å²) in [6, 6.07) is 0. The van der Waals surface area contributed by atoms with Crippen LogP contribution in [0.15, 0.2) is 11.8 Å². The Hall–Kier alpha value is -0.635. The Kier molecular flexibility index (Phi) is 6.43. The third kappa shape index (κ3) is 5.87. The molecule has 1 aliphatic heterocycles. The van der Waals surface area contributed by atoms with Gasteiger partial charge in [0.1, 0.15) is 0 Å². The van der Waals surface area contributed by atoms with Gasteiger partial charge in [-0.3, -0.25) is 0 Å². The summed E-state index contributed by atoms with van der Waals surface area (Å²) in [4.78, 5) is 0. The molecule has 0 bridgehead atoms. The quantitative estimate of drug-likeness (QED) is 0.555. The molecule has 0 aromatic rings. The van der Waals surface area contributed by atoms with E-state index in [-0.39, 0.29) is 0 Å². The van der Waals surface area contributed by atoms with Crippen LogP contribution in [0.1, 0.15) is 47.0 Å². The molecule has 1 spiro atoms. The van der Waals surface area contributed by atoms with Crippen molar-refractivity contribution in [2.45, 2.75) is 63.9 Å². The van der Waals surface area contributed by atoms with Crippen molar-refractivity contribution < 1.29 is 34.4 Å². The molecule has 0 unspecified atom stereocenters. The lowest BCUT2D eigenvalue weighted by Gasteiger charge is -2.31. The Labute approximate surface area is 131 Å². The van der Waals surface area contributed by atoms with Crippen molar-refractivity contribution in [2.24, 2.45) is 0 Å². The first-order valence-electron chi connectivity index (χ1n) is 7.40. The van der Waals surface area contributed by atoms with E-state index in [4.69, 9.17) is 34.4 Å². The standard InChI is InChI=1S/C8H13BO5.C6H14O2/c10-9(11)14-7-1-3-8(4-2-7)12-5-6-13-8;1-5(2,7)6(3,4)8/h1,10-11H,2-6H2;7-8H,1-4H3. The van der Waals surface area contributed by atoms with Crippen LogP contribution in [0.5, 0.6) is 0 Å². The van der Waals surface area contributed by atoms with Crippen molar-refractivity contribution in [3.05, 3.63) is 11.8 Å². The van der Waals surface area contributed by atoms with Gasteiger partial charge in [0.25, 0.3) is 0 Å². The molecule has 128 valence electrons. The number of aliphatic hydroxyl groups is 2. The van der Waals surface area contributed by atoms with Crippen LogP contribution < -0.4 is 0 Å². The van der Waals surface area contributed by atoms with Crippen LogP contribution in [0.25, 0.3) is 0 Å². The summed E-state index contributed by atoms with van der Waals surface area (Å²) in [6.07, 6.45) is 3.70. The van der Waals surface area contributed by atoms with E-state index in [1.807, 2.05) is 0 Å². The molecule has 4 N–H and O–H groups in total. The second kappa shape index (κ2) is 7.29. The Morgan fingerprint density at radius 2 is 1.59 bits per heavy atom. The fourth-order valence-corrected chi connectivity index (χ4v) is 1.79. The topological polar surface area (TPSA) is 109 Å². The van der Waals surface area contributed by atoms with Crippen molar-refractivity contribution >= 4 is 7.32 Å². The molecule has 1 aliphatic carbocycles. The molecular weight excluding hydrogens is 291 g/mol. The zero-order chi connectivity index (χ0) is 17.0. The van der Waals surface area contributed by atoms with E-state index >= 15 is 0 Å². The number of allylic oxidation sites excluding steroid dienone is 1. The molecular formula is C14H27BO7. The Morgan fingerprint density at radius 3 is 1.91 bits per heavy atom. The monoisotopic (exact) mass is 318 g/mol. The summed E-state index contributed by atoms with van der Waals surface area (Å²) in [7, 11) is -1.74. The molecule has 1 heterocycles. The summed E-state index contributed by atoms with van der Waals surface area (Å²) in [5, 5.41) is 35.4. The Balaban J connectivity index is 0.000000261. The average Bonchev–Trinajstić information content (AvgIpc) is 2.79. The molecule has 7 nitrogen and oxygen atoms in total. The van der Waals surface area contributed by atoms with Crippen molar-refractivity contribution in [3.63, 3.8) is 0 Å². The highest BCUT2D eigenvalue weighted by Crippen LogP contribution is 2.35. The second-order valence-corrected chi connectivity index (χ2v) is 6.54. The van der Waals surface area contributed by atoms with E-state index in [1.54, 1.807) is 33.8 Å². The summed E-state index contributed by atoms with van der Waals surface area (Å²) in [5.74, 6) is 0.109. The molecule has 0 amide bonds. The minimum atomic E-state index is -1.74. The Bertz CT molecular complexity index is 364. The van der Waals surface area contributed by atoms with Gasteiger partial charge in [0, 0.05) is 19.3 Å². The fourth-order valence-electron chi connectivity index (χ4n) is 1.79. The van der Waals surface area contributed by atoms with Crippen LogP contribution in [0.4, 0.5) is 0 Å². The van der Waals surface area contributed by atoms with Gasteiger partial charge >= 0.3 is 7.32 Å². The molecule has 22 heavy (non-hydrogen) atoms. The van der Waals surface area contributed by atoms with E-state index in [2.05, 4.69) is 0 Å². The van der Waals surface area contributed by atoms with Gasteiger partial charge in [0.15, 0.2) is 5.79 Å². The molecule has 1 fully saturated rings. The number of hydrogen-bond donors (Lipinski definition) is 4. The summed E-state index contributed by atoms with van der Waals surface area (Å²) < 4.78 is 15.7. The first kappa shape index (κ1) is 19.4. The molecule has 1 saturated heterocycles. The largest absolute Gasteiger partial charge is 0.707 e. The van der Waals surface area contributed by atoms with Crippen LogP contribution in [-0.2, 0) is 14.1 Å². The maximum absolute atomic E-state index is 9.10. The second-order valence-electron chi connectivity index (χ2n) is 6.54. The van der Waals surface area contributed by atoms with Crippen LogP contribution in [0.2, 0.25) is 0 Å². The molecule has 0 atom stereocenters. The molecule has 0 radical (unpaired) electrons. The van der Waals surface area contributed by atoms with Gasteiger partial charge < -0.3 is 34.4 Å². The lowest BCUT2D eigenvalue weighted by atomic mass is 9.90. The maximum Gasteiger partial charge on any atom is 0.707 e. The molecule has 2 rings (SSSR count). The maximum atomic E-state index is 9.10. The minimum Gasteiger partial charge on any atom is -0.516 e. The van der Waals surface area contributed by atoms with Gasteiger partial charge in [0.2, 0.25) is 0 Å². The number of hydrogen-bond acceptors (Lipinski definition) is 7. The van der Waals surface area contributed by atoms with Gasteiger partial charge in [-0.15, -0.1) is 0 Å².